The third-order valence-electron chi connectivity index (χ3n) is 6.22. The number of anilines is 2. The number of fused-ring (bicyclic) bond motifs is 1. The molecule has 2 unspecified atom stereocenters. The molecule has 0 saturated carbocycles. The fraction of sp³-hybridized carbons (Fsp3) is 0.364. The zero-order valence-electron chi connectivity index (χ0n) is 16.3. The van der Waals surface area contributed by atoms with Crippen LogP contribution in [-0.4, -0.2) is 23.1 Å². The second kappa shape index (κ2) is 5.99. The van der Waals surface area contributed by atoms with Crippen LogP contribution in [-0.2, 0) is 14.5 Å². The first-order valence-electron chi connectivity index (χ1n) is 9.58. The van der Waals surface area contributed by atoms with Crippen molar-refractivity contribution in [1.82, 2.24) is 0 Å². The number of rotatable bonds is 1. The summed E-state index contributed by atoms with van der Waals surface area (Å²) in [6.45, 7) is 6.32. The Kier molecular flexibility index (Phi) is 3.91. The van der Waals surface area contributed by atoms with Gasteiger partial charge in [-0.2, -0.15) is 0 Å². The topological polar surface area (TPSA) is 40.6 Å². The fourth-order valence-corrected chi connectivity index (χ4v) is 6.66. The van der Waals surface area contributed by atoms with Crippen LogP contribution in [0.15, 0.2) is 36.4 Å². The summed E-state index contributed by atoms with van der Waals surface area (Å²) in [6, 6.07) is 10.1. The van der Waals surface area contributed by atoms with Crippen LogP contribution in [0, 0.1) is 5.82 Å². The van der Waals surface area contributed by atoms with Crippen molar-refractivity contribution in [1.29, 1.82) is 0 Å². The number of benzene rings is 2. The quantitative estimate of drug-likeness (QED) is 0.636. The molecule has 2 aromatic rings. The first-order valence-corrected chi connectivity index (χ1v) is 10.9. The summed E-state index contributed by atoms with van der Waals surface area (Å²) in [5.74, 6) is -0.384. The Hall–Kier alpha value is -2.05. The Morgan fingerprint density at radius 3 is 2.66 bits per heavy atom. The highest BCUT2D eigenvalue weighted by Crippen LogP contribution is 2.61. The maximum absolute atomic E-state index is 14.0. The van der Waals surface area contributed by atoms with Gasteiger partial charge in [0.15, 0.2) is 0 Å². The zero-order valence-corrected chi connectivity index (χ0v) is 17.9. The lowest BCUT2D eigenvalue weighted by Crippen LogP contribution is -2.56. The number of amides is 2. The van der Waals surface area contributed by atoms with Crippen molar-refractivity contribution in [2.75, 3.05) is 15.6 Å². The standard InChI is InChI=1S/C22H20ClFN2O2S/c1-12-10-21(2,3)26-19-14(12)5-4-6-15(19)22(20(26)28)25(18(27)11-29-22)13-7-8-17(24)16(23)9-13/h4-9,12H,10-11H2,1-3H3. The molecule has 0 bridgehead atoms. The van der Waals surface area contributed by atoms with Crippen LogP contribution in [0.3, 0.4) is 0 Å². The SMILES string of the molecule is CC1CC(C)(C)N2C(=O)C3(SCC(=O)N3c3ccc(F)c(Cl)c3)c3cccc1c32. The number of hydrogen-bond donors (Lipinski definition) is 0. The molecule has 5 rings (SSSR count). The number of carbonyl (C=O) groups is 2. The van der Waals surface area contributed by atoms with E-state index in [0.29, 0.717) is 11.6 Å². The first kappa shape index (κ1) is 18.9. The van der Waals surface area contributed by atoms with E-state index in [1.54, 1.807) is 0 Å². The van der Waals surface area contributed by atoms with Crippen LogP contribution in [0.25, 0.3) is 0 Å². The number of para-hydroxylation sites is 1. The van der Waals surface area contributed by atoms with Gasteiger partial charge < -0.3 is 4.90 Å². The molecule has 0 radical (unpaired) electrons. The number of nitrogens with zero attached hydrogens (tertiary/aromatic N) is 2. The van der Waals surface area contributed by atoms with Crippen molar-refractivity contribution < 1.29 is 14.0 Å². The van der Waals surface area contributed by atoms with Gasteiger partial charge in [0.05, 0.1) is 16.5 Å². The second-order valence-electron chi connectivity index (χ2n) is 8.56. The van der Waals surface area contributed by atoms with Crippen LogP contribution < -0.4 is 9.80 Å². The summed E-state index contributed by atoms with van der Waals surface area (Å²) in [7, 11) is 0. The number of thioether (sulfide) groups is 1. The molecule has 3 aliphatic rings. The van der Waals surface area contributed by atoms with E-state index in [-0.39, 0.29) is 28.1 Å². The summed E-state index contributed by atoms with van der Waals surface area (Å²) in [6.07, 6.45) is 0.840. The highest BCUT2D eigenvalue weighted by molar-refractivity contribution is 8.02. The molecular formula is C22H20ClFN2O2S. The van der Waals surface area contributed by atoms with Gasteiger partial charge in [-0.1, -0.05) is 36.7 Å². The van der Waals surface area contributed by atoms with Crippen molar-refractivity contribution in [3.8, 4) is 0 Å². The minimum absolute atomic E-state index is 0.0723. The lowest BCUT2D eigenvalue weighted by molar-refractivity contribution is -0.124. The Balaban J connectivity index is 1.78. The molecule has 0 aromatic heterocycles. The number of carbonyl (C=O) groups excluding carboxylic acids is 2. The van der Waals surface area contributed by atoms with Gasteiger partial charge >= 0.3 is 0 Å². The maximum Gasteiger partial charge on any atom is 0.269 e. The predicted octanol–water partition coefficient (Wildman–Crippen LogP) is 5.04. The number of halogens is 2. The minimum atomic E-state index is -1.19. The van der Waals surface area contributed by atoms with E-state index in [4.69, 9.17) is 11.6 Å². The summed E-state index contributed by atoms with van der Waals surface area (Å²) < 4.78 is 13.8. The molecule has 150 valence electrons. The van der Waals surface area contributed by atoms with Gasteiger partial charge in [0.25, 0.3) is 5.91 Å². The molecule has 1 spiro atoms. The highest BCUT2D eigenvalue weighted by atomic mass is 35.5. The van der Waals surface area contributed by atoms with E-state index in [1.165, 1.54) is 34.9 Å². The monoisotopic (exact) mass is 430 g/mol. The van der Waals surface area contributed by atoms with Gasteiger partial charge in [-0.15, -0.1) is 11.8 Å². The molecular weight excluding hydrogens is 411 g/mol. The highest BCUT2D eigenvalue weighted by Gasteiger charge is 2.64. The normalized spacial score (nSPS) is 27.1. The van der Waals surface area contributed by atoms with Crippen LogP contribution in [0.5, 0.6) is 0 Å². The van der Waals surface area contributed by atoms with Crippen molar-refractivity contribution >= 4 is 46.6 Å². The van der Waals surface area contributed by atoms with Crippen LogP contribution in [0.2, 0.25) is 5.02 Å². The van der Waals surface area contributed by atoms with E-state index in [9.17, 15) is 14.0 Å². The van der Waals surface area contributed by atoms with E-state index >= 15 is 0 Å². The Labute approximate surface area is 178 Å². The van der Waals surface area contributed by atoms with Crippen molar-refractivity contribution in [3.63, 3.8) is 0 Å². The van der Waals surface area contributed by atoms with E-state index in [0.717, 1.165) is 23.2 Å². The van der Waals surface area contributed by atoms with Gasteiger partial charge in [-0.05, 0) is 49.9 Å². The van der Waals surface area contributed by atoms with Gasteiger partial charge in [0.1, 0.15) is 5.82 Å². The summed E-state index contributed by atoms with van der Waals surface area (Å²) >= 11 is 7.34. The largest absolute Gasteiger partial charge is 0.303 e. The molecule has 2 amide bonds. The van der Waals surface area contributed by atoms with Crippen molar-refractivity contribution in [2.45, 2.75) is 43.5 Å². The molecule has 4 nitrogen and oxygen atoms in total. The Morgan fingerprint density at radius 2 is 1.93 bits per heavy atom. The van der Waals surface area contributed by atoms with Gasteiger partial charge in [0.2, 0.25) is 10.8 Å². The average Bonchev–Trinajstić information content (AvgIpc) is 3.13. The minimum Gasteiger partial charge on any atom is -0.303 e. The Morgan fingerprint density at radius 1 is 1.17 bits per heavy atom. The van der Waals surface area contributed by atoms with Crippen molar-refractivity contribution in [2.24, 2.45) is 0 Å². The van der Waals surface area contributed by atoms with E-state index in [1.807, 2.05) is 17.0 Å². The smallest absolute Gasteiger partial charge is 0.269 e. The Bertz CT molecular complexity index is 1090. The zero-order chi connectivity index (χ0) is 20.7. The molecule has 1 saturated heterocycles. The molecule has 29 heavy (non-hydrogen) atoms. The molecule has 3 heterocycles. The molecule has 3 aliphatic heterocycles. The average molecular weight is 431 g/mol. The predicted molar refractivity (Wildman–Crippen MR) is 114 cm³/mol. The van der Waals surface area contributed by atoms with Gasteiger partial charge in [-0.25, -0.2) is 4.39 Å². The van der Waals surface area contributed by atoms with Crippen LogP contribution in [0.4, 0.5) is 15.8 Å². The third kappa shape index (κ3) is 2.33. The van der Waals surface area contributed by atoms with E-state index in [2.05, 4.69) is 26.8 Å². The molecule has 0 aliphatic carbocycles. The maximum atomic E-state index is 14.0. The van der Waals surface area contributed by atoms with E-state index < -0.39 is 10.7 Å². The second-order valence-corrected chi connectivity index (χ2v) is 10.1. The third-order valence-corrected chi connectivity index (χ3v) is 7.90. The molecule has 0 N–H and O–H groups in total. The fourth-order valence-electron chi connectivity index (χ4n) is 5.15. The molecule has 7 heteroatoms. The summed E-state index contributed by atoms with van der Waals surface area (Å²) in [4.78, 5) is 29.2. The van der Waals surface area contributed by atoms with Crippen LogP contribution in [0.1, 0.15) is 44.2 Å². The molecule has 2 atom stereocenters. The number of hydrogen-bond acceptors (Lipinski definition) is 3. The van der Waals surface area contributed by atoms with Crippen molar-refractivity contribution in [3.05, 3.63) is 58.4 Å². The lowest BCUT2D eigenvalue weighted by Gasteiger charge is -2.44. The summed E-state index contributed by atoms with van der Waals surface area (Å²) in [5.41, 5.74) is 2.94. The van der Waals surface area contributed by atoms with Crippen LogP contribution >= 0.6 is 23.4 Å². The molecule has 1 fully saturated rings. The van der Waals surface area contributed by atoms with Gasteiger partial charge in [-0.3, -0.25) is 14.5 Å². The lowest BCUT2D eigenvalue weighted by atomic mass is 9.80. The first-order chi connectivity index (χ1) is 13.7. The molecule has 2 aromatic carbocycles. The summed E-state index contributed by atoms with van der Waals surface area (Å²) in [5, 5.41) is -0.0723. The van der Waals surface area contributed by atoms with Gasteiger partial charge in [0, 0.05) is 16.8 Å².